The molecule has 0 spiro atoms. The van der Waals surface area contributed by atoms with Gasteiger partial charge < -0.3 is 4.74 Å². The standard InChI is InChI=1S/C13H12ClN3O3/c1-9(18)20-12-5-4-10(14)8-11(12)13(19)16-17-7-3-2-6-15-17/h3-8H,2H2,1H3,(H,16,19). The van der Waals surface area contributed by atoms with Crippen molar-refractivity contribution in [1.82, 2.24) is 10.5 Å². The molecule has 1 aliphatic rings. The maximum Gasteiger partial charge on any atom is 0.308 e. The summed E-state index contributed by atoms with van der Waals surface area (Å²) >= 11 is 5.86. The number of hydrogen-bond acceptors (Lipinski definition) is 5. The summed E-state index contributed by atoms with van der Waals surface area (Å²) in [7, 11) is 0. The Morgan fingerprint density at radius 2 is 2.25 bits per heavy atom. The number of esters is 1. The Balaban J connectivity index is 2.21. The lowest BCUT2D eigenvalue weighted by molar-refractivity contribution is -0.131. The van der Waals surface area contributed by atoms with Gasteiger partial charge in [-0.2, -0.15) is 10.2 Å². The van der Waals surface area contributed by atoms with Gasteiger partial charge >= 0.3 is 5.97 Å². The number of hydrazone groups is 1. The topological polar surface area (TPSA) is 71.0 Å². The Labute approximate surface area is 120 Å². The number of amides is 1. The number of allylic oxidation sites excluding steroid dienone is 1. The van der Waals surface area contributed by atoms with E-state index in [0.717, 1.165) is 0 Å². The molecule has 0 aromatic heterocycles. The molecule has 6 nitrogen and oxygen atoms in total. The molecule has 0 fully saturated rings. The summed E-state index contributed by atoms with van der Waals surface area (Å²) in [5.41, 5.74) is 2.69. The highest BCUT2D eigenvalue weighted by Crippen LogP contribution is 2.23. The van der Waals surface area contributed by atoms with Crippen LogP contribution in [-0.2, 0) is 4.79 Å². The molecule has 20 heavy (non-hydrogen) atoms. The summed E-state index contributed by atoms with van der Waals surface area (Å²) in [5.74, 6) is -0.853. The van der Waals surface area contributed by atoms with Crippen LogP contribution in [0.2, 0.25) is 5.02 Å². The zero-order valence-electron chi connectivity index (χ0n) is 10.7. The van der Waals surface area contributed by atoms with Gasteiger partial charge in [-0.3, -0.25) is 9.59 Å². The van der Waals surface area contributed by atoms with E-state index in [1.807, 2.05) is 6.08 Å². The summed E-state index contributed by atoms with van der Waals surface area (Å²) in [6, 6.07) is 4.43. The predicted octanol–water partition coefficient (Wildman–Crippen LogP) is 2.12. The van der Waals surface area contributed by atoms with Crippen LogP contribution in [0.15, 0.2) is 35.6 Å². The van der Waals surface area contributed by atoms with Crippen molar-refractivity contribution in [3.05, 3.63) is 41.1 Å². The van der Waals surface area contributed by atoms with Gasteiger partial charge in [-0.25, -0.2) is 5.43 Å². The Kier molecular flexibility index (Phi) is 4.37. The minimum Gasteiger partial charge on any atom is -0.426 e. The summed E-state index contributed by atoms with van der Waals surface area (Å²) < 4.78 is 4.98. The molecule has 0 radical (unpaired) electrons. The first-order valence-electron chi connectivity index (χ1n) is 5.83. The number of hydrazine groups is 1. The van der Waals surface area contributed by atoms with Gasteiger partial charge in [-0.15, -0.1) is 0 Å². The van der Waals surface area contributed by atoms with E-state index in [1.165, 1.54) is 30.2 Å². The Bertz CT molecular complexity index is 587. The van der Waals surface area contributed by atoms with Crippen molar-refractivity contribution < 1.29 is 14.3 Å². The Morgan fingerprint density at radius 1 is 1.45 bits per heavy atom. The lowest BCUT2D eigenvalue weighted by Crippen LogP contribution is -2.36. The van der Waals surface area contributed by atoms with Crippen LogP contribution in [0.25, 0.3) is 0 Å². The van der Waals surface area contributed by atoms with E-state index in [1.54, 1.807) is 12.4 Å². The van der Waals surface area contributed by atoms with Crippen molar-refractivity contribution in [3.63, 3.8) is 0 Å². The van der Waals surface area contributed by atoms with Crippen molar-refractivity contribution in [3.8, 4) is 5.75 Å². The summed E-state index contributed by atoms with van der Waals surface area (Å²) in [6.07, 6.45) is 5.81. The zero-order valence-corrected chi connectivity index (χ0v) is 11.4. The summed E-state index contributed by atoms with van der Waals surface area (Å²) in [5, 5.41) is 5.59. The molecular formula is C13H12ClN3O3. The van der Waals surface area contributed by atoms with Gasteiger partial charge in [0.1, 0.15) is 5.75 Å². The van der Waals surface area contributed by atoms with Gasteiger partial charge in [0.25, 0.3) is 5.91 Å². The molecule has 0 bridgehead atoms. The molecular weight excluding hydrogens is 282 g/mol. The second-order valence-electron chi connectivity index (χ2n) is 3.94. The number of ether oxygens (including phenoxy) is 1. The molecule has 104 valence electrons. The number of carbonyl (C=O) groups excluding carboxylic acids is 2. The van der Waals surface area contributed by atoms with Crippen LogP contribution >= 0.6 is 11.6 Å². The molecule has 1 aromatic carbocycles. The van der Waals surface area contributed by atoms with Crippen LogP contribution in [0.1, 0.15) is 23.7 Å². The maximum absolute atomic E-state index is 12.2. The molecule has 1 aliphatic heterocycles. The summed E-state index contributed by atoms with van der Waals surface area (Å²) in [4.78, 5) is 23.2. The third-order valence-corrected chi connectivity index (χ3v) is 2.59. The van der Waals surface area contributed by atoms with Gasteiger partial charge in [0, 0.05) is 30.8 Å². The number of benzene rings is 1. The zero-order chi connectivity index (χ0) is 14.5. The monoisotopic (exact) mass is 293 g/mol. The van der Waals surface area contributed by atoms with Crippen LogP contribution in [0.5, 0.6) is 5.75 Å². The van der Waals surface area contributed by atoms with Gasteiger partial charge in [-0.05, 0) is 18.2 Å². The van der Waals surface area contributed by atoms with Gasteiger partial charge in [0.2, 0.25) is 0 Å². The number of nitrogens with zero attached hydrogens (tertiary/aromatic N) is 2. The molecule has 1 N–H and O–H groups in total. The van der Waals surface area contributed by atoms with Crippen LogP contribution in [-0.4, -0.2) is 23.2 Å². The first-order valence-corrected chi connectivity index (χ1v) is 6.21. The number of carbonyl (C=O) groups is 2. The summed E-state index contributed by atoms with van der Waals surface area (Å²) in [6.45, 7) is 1.26. The molecule has 1 heterocycles. The van der Waals surface area contributed by atoms with E-state index in [2.05, 4.69) is 10.5 Å². The average Bonchev–Trinajstić information content (AvgIpc) is 2.41. The molecule has 7 heteroatoms. The van der Waals surface area contributed by atoms with E-state index >= 15 is 0 Å². The molecule has 1 aromatic rings. The van der Waals surface area contributed by atoms with Crippen molar-refractivity contribution in [2.45, 2.75) is 13.3 Å². The first-order chi connectivity index (χ1) is 9.56. The largest absolute Gasteiger partial charge is 0.426 e. The van der Waals surface area contributed by atoms with E-state index in [9.17, 15) is 9.59 Å². The lowest BCUT2D eigenvalue weighted by atomic mass is 10.2. The molecule has 0 unspecified atom stereocenters. The Hall–Kier alpha value is -2.34. The molecule has 0 saturated carbocycles. The highest BCUT2D eigenvalue weighted by atomic mass is 35.5. The Morgan fingerprint density at radius 3 is 2.90 bits per heavy atom. The molecule has 2 rings (SSSR count). The second-order valence-corrected chi connectivity index (χ2v) is 4.37. The fourth-order valence-corrected chi connectivity index (χ4v) is 1.72. The third kappa shape index (κ3) is 3.58. The third-order valence-electron chi connectivity index (χ3n) is 2.35. The van der Waals surface area contributed by atoms with Crippen LogP contribution in [0, 0.1) is 0 Å². The number of rotatable bonds is 3. The second kappa shape index (κ2) is 6.21. The number of halogens is 1. The number of hydrogen-bond donors (Lipinski definition) is 1. The smallest absolute Gasteiger partial charge is 0.308 e. The van der Waals surface area contributed by atoms with E-state index < -0.39 is 11.9 Å². The first kappa shape index (κ1) is 14.1. The van der Waals surface area contributed by atoms with Crippen LogP contribution in [0.4, 0.5) is 0 Å². The SMILES string of the molecule is CC(=O)Oc1ccc(Cl)cc1C(=O)NN1C=CCC=N1. The van der Waals surface area contributed by atoms with Gasteiger partial charge in [-0.1, -0.05) is 17.7 Å². The number of nitrogens with one attached hydrogen (secondary N) is 1. The van der Waals surface area contributed by atoms with Crippen molar-refractivity contribution in [2.75, 3.05) is 0 Å². The maximum atomic E-state index is 12.2. The van der Waals surface area contributed by atoms with Crippen molar-refractivity contribution >= 4 is 29.7 Å². The van der Waals surface area contributed by atoms with Crippen molar-refractivity contribution in [2.24, 2.45) is 5.10 Å². The highest BCUT2D eigenvalue weighted by molar-refractivity contribution is 6.31. The van der Waals surface area contributed by atoms with Crippen molar-refractivity contribution in [1.29, 1.82) is 0 Å². The fourth-order valence-electron chi connectivity index (χ4n) is 1.55. The van der Waals surface area contributed by atoms with Gasteiger partial charge in [0.15, 0.2) is 0 Å². The molecule has 1 amide bonds. The van der Waals surface area contributed by atoms with Crippen LogP contribution in [0.3, 0.4) is 0 Å². The molecule has 0 saturated heterocycles. The normalized spacial score (nSPS) is 13.2. The van der Waals surface area contributed by atoms with Gasteiger partial charge in [0.05, 0.1) is 5.56 Å². The highest BCUT2D eigenvalue weighted by Gasteiger charge is 2.16. The lowest BCUT2D eigenvalue weighted by Gasteiger charge is -2.18. The van der Waals surface area contributed by atoms with E-state index in [4.69, 9.17) is 16.3 Å². The molecule has 0 atom stereocenters. The van der Waals surface area contributed by atoms with Crippen LogP contribution < -0.4 is 10.2 Å². The minimum absolute atomic E-state index is 0.143. The fraction of sp³-hybridized carbons (Fsp3) is 0.154. The van der Waals surface area contributed by atoms with E-state index in [0.29, 0.717) is 11.4 Å². The average molecular weight is 294 g/mol. The quantitative estimate of drug-likeness (QED) is 0.684. The minimum atomic E-state index is -0.516. The van der Waals surface area contributed by atoms with E-state index in [-0.39, 0.29) is 11.3 Å². The predicted molar refractivity (Wildman–Crippen MR) is 74.3 cm³/mol. The molecule has 0 aliphatic carbocycles.